The zero-order valence-electron chi connectivity index (χ0n) is 16.0. The van der Waals surface area contributed by atoms with Gasteiger partial charge in [-0.2, -0.15) is 4.98 Å². The Morgan fingerprint density at radius 2 is 2.03 bits per heavy atom. The molecule has 9 heteroatoms. The molecule has 0 aliphatic carbocycles. The molecule has 3 heterocycles. The zero-order chi connectivity index (χ0) is 21.5. The Bertz CT molecular complexity index is 1430. The van der Waals surface area contributed by atoms with Crippen LogP contribution in [0.2, 0.25) is 10.0 Å². The number of nitrogens with one attached hydrogen (secondary N) is 1. The van der Waals surface area contributed by atoms with Crippen LogP contribution in [0.15, 0.2) is 59.1 Å². The highest BCUT2D eigenvalue weighted by Gasteiger charge is 2.20. The van der Waals surface area contributed by atoms with Gasteiger partial charge in [-0.05, 0) is 42.5 Å². The van der Waals surface area contributed by atoms with Crippen molar-refractivity contribution in [3.63, 3.8) is 0 Å². The van der Waals surface area contributed by atoms with Crippen LogP contribution in [-0.2, 0) is 0 Å². The number of carbonyl (C=O) groups excluding carboxylic acids is 1. The van der Waals surface area contributed by atoms with Crippen molar-refractivity contribution in [1.29, 1.82) is 0 Å². The standard InChI is InChI=1S/C22H13Cl2N3O3S/c1-29-15-7-4-11(22-27-20-16(30-22)3-2-8-25-20)9-14(15)26-21(28)19-18(24)13-6-5-12(23)10-17(13)31-19/h2-10H,1H3,(H,26,28). The maximum Gasteiger partial charge on any atom is 0.267 e. The maximum atomic E-state index is 13.0. The summed E-state index contributed by atoms with van der Waals surface area (Å²) in [6, 6.07) is 14.2. The second kappa shape index (κ2) is 7.85. The number of aromatic nitrogens is 2. The minimum absolute atomic E-state index is 0.350. The van der Waals surface area contributed by atoms with Gasteiger partial charge >= 0.3 is 0 Å². The van der Waals surface area contributed by atoms with Crippen LogP contribution in [0.5, 0.6) is 5.75 Å². The molecule has 0 aliphatic rings. The molecule has 0 spiro atoms. The van der Waals surface area contributed by atoms with E-state index in [1.54, 1.807) is 54.7 Å². The lowest BCUT2D eigenvalue weighted by Gasteiger charge is -2.11. The molecule has 1 amide bonds. The molecule has 5 aromatic rings. The number of halogens is 2. The van der Waals surface area contributed by atoms with Crippen molar-refractivity contribution in [2.24, 2.45) is 0 Å². The molecule has 2 aromatic carbocycles. The number of thiophene rings is 1. The molecule has 0 bridgehead atoms. The van der Waals surface area contributed by atoms with E-state index in [0.717, 1.165) is 10.1 Å². The Labute approximate surface area is 190 Å². The molecular formula is C22H13Cl2N3O3S. The van der Waals surface area contributed by atoms with Crippen LogP contribution in [-0.4, -0.2) is 23.0 Å². The minimum atomic E-state index is -0.350. The summed E-state index contributed by atoms with van der Waals surface area (Å²) in [4.78, 5) is 22.0. The summed E-state index contributed by atoms with van der Waals surface area (Å²) in [6.07, 6.45) is 1.65. The number of rotatable bonds is 4. The van der Waals surface area contributed by atoms with Gasteiger partial charge in [-0.25, -0.2) is 4.98 Å². The number of fused-ring (bicyclic) bond motifs is 2. The Morgan fingerprint density at radius 1 is 1.16 bits per heavy atom. The third-order valence-electron chi connectivity index (χ3n) is 4.66. The van der Waals surface area contributed by atoms with Crippen molar-refractivity contribution < 1.29 is 13.9 Å². The third-order valence-corrected chi connectivity index (χ3v) is 6.55. The van der Waals surface area contributed by atoms with Crippen LogP contribution in [0.3, 0.4) is 0 Å². The fourth-order valence-corrected chi connectivity index (χ4v) is 4.88. The van der Waals surface area contributed by atoms with E-state index in [4.69, 9.17) is 32.4 Å². The number of nitrogens with zero attached hydrogens (tertiary/aromatic N) is 2. The van der Waals surface area contributed by atoms with E-state index < -0.39 is 0 Å². The van der Waals surface area contributed by atoms with Gasteiger partial charge in [0.05, 0.1) is 17.8 Å². The van der Waals surface area contributed by atoms with Gasteiger partial charge in [0.1, 0.15) is 10.6 Å². The van der Waals surface area contributed by atoms with E-state index >= 15 is 0 Å². The normalized spacial score (nSPS) is 11.2. The fraction of sp³-hybridized carbons (Fsp3) is 0.0455. The van der Waals surface area contributed by atoms with Crippen molar-refractivity contribution in [1.82, 2.24) is 9.97 Å². The molecule has 5 rings (SSSR count). The van der Waals surface area contributed by atoms with Crippen LogP contribution >= 0.6 is 34.5 Å². The third kappa shape index (κ3) is 3.61. The van der Waals surface area contributed by atoms with Crippen LogP contribution < -0.4 is 10.1 Å². The van der Waals surface area contributed by atoms with E-state index in [9.17, 15) is 4.79 Å². The second-order valence-electron chi connectivity index (χ2n) is 6.60. The van der Waals surface area contributed by atoms with Crippen molar-refractivity contribution >= 4 is 67.4 Å². The Kier molecular flexibility index (Phi) is 5.02. The molecule has 0 saturated heterocycles. The second-order valence-corrected chi connectivity index (χ2v) is 8.47. The largest absolute Gasteiger partial charge is 0.495 e. The first-order chi connectivity index (χ1) is 15.0. The number of anilines is 1. The molecule has 6 nitrogen and oxygen atoms in total. The SMILES string of the molecule is COc1ccc(-c2nc3ncccc3o2)cc1NC(=O)c1sc2cc(Cl)ccc2c1Cl. The van der Waals surface area contributed by atoms with E-state index in [0.29, 0.717) is 49.0 Å². The molecular weight excluding hydrogens is 457 g/mol. The van der Waals surface area contributed by atoms with Crippen molar-refractivity contribution in [2.75, 3.05) is 12.4 Å². The first-order valence-corrected chi connectivity index (χ1v) is 10.7. The lowest BCUT2D eigenvalue weighted by atomic mass is 10.1. The van der Waals surface area contributed by atoms with Crippen LogP contribution in [0.4, 0.5) is 5.69 Å². The monoisotopic (exact) mass is 469 g/mol. The lowest BCUT2D eigenvalue weighted by Crippen LogP contribution is -2.11. The molecule has 0 atom stereocenters. The first kappa shape index (κ1) is 19.8. The summed E-state index contributed by atoms with van der Waals surface area (Å²) < 4.78 is 12.0. The van der Waals surface area contributed by atoms with Crippen molar-refractivity contribution in [2.45, 2.75) is 0 Å². The van der Waals surface area contributed by atoms with Gasteiger partial charge in [0, 0.05) is 26.9 Å². The molecule has 0 unspecified atom stereocenters. The average Bonchev–Trinajstić information content (AvgIpc) is 3.34. The van der Waals surface area contributed by atoms with E-state index in [2.05, 4.69) is 15.3 Å². The average molecular weight is 470 g/mol. The van der Waals surface area contributed by atoms with Gasteiger partial charge in [-0.1, -0.05) is 29.3 Å². The lowest BCUT2D eigenvalue weighted by molar-refractivity contribution is 0.103. The van der Waals surface area contributed by atoms with Crippen LogP contribution in [0.1, 0.15) is 9.67 Å². The molecule has 31 heavy (non-hydrogen) atoms. The Morgan fingerprint density at radius 3 is 2.84 bits per heavy atom. The highest BCUT2D eigenvalue weighted by Crippen LogP contribution is 2.38. The number of hydrogen-bond donors (Lipinski definition) is 1. The number of benzene rings is 2. The molecule has 0 fully saturated rings. The van der Waals surface area contributed by atoms with Gasteiger partial charge in [0.2, 0.25) is 5.89 Å². The van der Waals surface area contributed by atoms with Crippen LogP contribution in [0, 0.1) is 0 Å². The van der Waals surface area contributed by atoms with Gasteiger partial charge in [-0.3, -0.25) is 4.79 Å². The fourth-order valence-electron chi connectivity index (χ4n) is 3.20. The quantitative estimate of drug-likeness (QED) is 0.317. The van der Waals surface area contributed by atoms with Gasteiger partial charge in [0.15, 0.2) is 11.2 Å². The summed E-state index contributed by atoms with van der Waals surface area (Å²) in [5.41, 5.74) is 2.22. The summed E-state index contributed by atoms with van der Waals surface area (Å²) in [5.74, 6) is 0.532. The molecule has 154 valence electrons. The Hall–Kier alpha value is -3.13. The number of ether oxygens (including phenoxy) is 1. The minimum Gasteiger partial charge on any atom is -0.495 e. The number of amides is 1. The highest BCUT2D eigenvalue weighted by molar-refractivity contribution is 7.21. The van der Waals surface area contributed by atoms with Crippen molar-refractivity contribution in [3.05, 3.63) is 69.7 Å². The zero-order valence-corrected chi connectivity index (χ0v) is 18.3. The first-order valence-electron chi connectivity index (χ1n) is 9.12. The van der Waals surface area contributed by atoms with Gasteiger partial charge in [-0.15, -0.1) is 11.3 Å². The molecule has 0 saturated carbocycles. The van der Waals surface area contributed by atoms with Crippen molar-refractivity contribution in [3.8, 4) is 17.2 Å². The van der Waals surface area contributed by atoms with E-state index in [1.165, 1.54) is 18.4 Å². The number of oxazole rings is 1. The number of hydrogen-bond acceptors (Lipinski definition) is 6. The van der Waals surface area contributed by atoms with Gasteiger partial charge < -0.3 is 14.5 Å². The predicted molar refractivity (Wildman–Crippen MR) is 124 cm³/mol. The van der Waals surface area contributed by atoms with E-state index in [1.807, 2.05) is 0 Å². The highest BCUT2D eigenvalue weighted by atomic mass is 35.5. The van der Waals surface area contributed by atoms with E-state index in [-0.39, 0.29) is 5.91 Å². The molecule has 3 aromatic heterocycles. The molecule has 0 radical (unpaired) electrons. The smallest absolute Gasteiger partial charge is 0.267 e. The summed E-state index contributed by atoms with van der Waals surface area (Å²) in [6.45, 7) is 0. The summed E-state index contributed by atoms with van der Waals surface area (Å²) in [5, 5.41) is 4.63. The Balaban J connectivity index is 1.51. The van der Waals surface area contributed by atoms with Gasteiger partial charge in [0.25, 0.3) is 5.91 Å². The molecule has 1 N–H and O–H groups in total. The molecule has 0 aliphatic heterocycles. The number of pyridine rings is 1. The van der Waals surface area contributed by atoms with Crippen LogP contribution in [0.25, 0.3) is 32.8 Å². The number of methoxy groups -OCH3 is 1. The summed E-state index contributed by atoms with van der Waals surface area (Å²) >= 11 is 13.8. The summed E-state index contributed by atoms with van der Waals surface area (Å²) in [7, 11) is 1.53. The topological polar surface area (TPSA) is 77.2 Å². The predicted octanol–water partition coefficient (Wildman–Crippen LogP) is 6.67. The maximum absolute atomic E-state index is 13.0. The number of carbonyl (C=O) groups is 1.